The smallest absolute Gasteiger partial charge is 0.289 e. The van der Waals surface area contributed by atoms with Crippen LogP contribution in [0.5, 0.6) is 17.2 Å². The van der Waals surface area contributed by atoms with Crippen LogP contribution in [0.1, 0.15) is 37.8 Å². The molecule has 156 valence electrons. The van der Waals surface area contributed by atoms with Gasteiger partial charge < -0.3 is 9.47 Å². The fraction of sp³-hybridized carbons (Fsp3) is 0.231. The minimum atomic E-state index is -0.817. The standard InChI is InChI=1S/C26H26ClFO2/c1-26(2,21-13-15-23(16-14-21)30-25(28)19-27)17-7-9-20-8-6-12-24(18-20)29-22-10-4-3-5-11-22/h3-6,8,10-16,18-19H,7,9,17H2,1-2H3. The summed E-state index contributed by atoms with van der Waals surface area (Å²) in [7, 11) is 0. The number of benzene rings is 3. The predicted molar refractivity (Wildman–Crippen MR) is 121 cm³/mol. The maximum absolute atomic E-state index is 13.1. The predicted octanol–water partition coefficient (Wildman–Crippen LogP) is 8.17. The first-order valence-corrected chi connectivity index (χ1v) is 10.5. The van der Waals surface area contributed by atoms with Gasteiger partial charge in [-0.05, 0) is 72.2 Å². The molecule has 0 N–H and O–H groups in total. The van der Waals surface area contributed by atoms with E-state index < -0.39 is 6.01 Å². The van der Waals surface area contributed by atoms with Gasteiger partial charge in [0.2, 0.25) is 0 Å². The van der Waals surface area contributed by atoms with E-state index in [0.717, 1.165) is 36.3 Å². The molecule has 0 aliphatic rings. The van der Waals surface area contributed by atoms with E-state index in [1.54, 1.807) is 12.1 Å². The van der Waals surface area contributed by atoms with Crippen molar-refractivity contribution in [1.82, 2.24) is 0 Å². The first kappa shape index (κ1) is 21.9. The van der Waals surface area contributed by atoms with Gasteiger partial charge in [-0.3, -0.25) is 0 Å². The van der Waals surface area contributed by atoms with Crippen molar-refractivity contribution in [3.05, 3.63) is 102 Å². The first-order chi connectivity index (χ1) is 14.5. The molecule has 0 saturated carbocycles. The summed E-state index contributed by atoms with van der Waals surface area (Å²) < 4.78 is 24.0. The average Bonchev–Trinajstić information content (AvgIpc) is 2.75. The van der Waals surface area contributed by atoms with E-state index in [9.17, 15) is 4.39 Å². The molecule has 0 bridgehead atoms. The van der Waals surface area contributed by atoms with E-state index in [4.69, 9.17) is 21.1 Å². The summed E-state index contributed by atoms with van der Waals surface area (Å²) in [6.07, 6.45) is 3.04. The van der Waals surface area contributed by atoms with Gasteiger partial charge in [-0.25, -0.2) is 0 Å². The Morgan fingerprint density at radius 1 is 0.900 bits per heavy atom. The van der Waals surface area contributed by atoms with E-state index >= 15 is 0 Å². The van der Waals surface area contributed by atoms with Crippen LogP contribution in [0.2, 0.25) is 0 Å². The van der Waals surface area contributed by atoms with E-state index in [0.29, 0.717) is 5.75 Å². The highest BCUT2D eigenvalue weighted by Gasteiger charge is 2.20. The van der Waals surface area contributed by atoms with Crippen molar-refractivity contribution in [2.24, 2.45) is 0 Å². The van der Waals surface area contributed by atoms with Crippen molar-refractivity contribution in [3.8, 4) is 17.2 Å². The van der Waals surface area contributed by atoms with Gasteiger partial charge in [0.15, 0.2) is 0 Å². The van der Waals surface area contributed by atoms with Crippen LogP contribution in [0.3, 0.4) is 0 Å². The van der Waals surface area contributed by atoms with Crippen LogP contribution in [0, 0.1) is 0 Å². The molecule has 2 nitrogen and oxygen atoms in total. The third kappa shape index (κ3) is 6.36. The van der Waals surface area contributed by atoms with Gasteiger partial charge in [-0.1, -0.05) is 67.9 Å². The molecule has 0 unspecified atom stereocenters. The lowest BCUT2D eigenvalue weighted by atomic mass is 9.80. The Hall–Kier alpha value is -2.78. The molecule has 3 aromatic carbocycles. The SMILES string of the molecule is CC(C)(CCCc1cccc(Oc2ccccc2)c1)c1ccc(OC(F)=CCl)cc1. The number of para-hydroxylation sites is 1. The normalized spacial score (nSPS) is 11.9. The zero-order valence-electron chi connectivity index (χ0n) is 17.3. The lowest BCUT2D eigenvalue weighted by Crippen LogP contribution is -2.17. The molecule has 0 radical (unpaired) electrons. The third-order valence-corrected chi connectivity index (χ3v) is 5.25. The Bertz CT molecular complexity index is 966. The molecule has 30 heavy (non-hydrogen) atoms. The Morgan fingerprint density at radius 3 is 2.30 bits per heavy atom. The van der Waals surface area contributed by atoms with E-state index in [1.807, 2.05) is 54.6 Å². The van der Waals surface area contributed by atoms with Crippen molar-refractivity contribution < 1.29 is 13.9 Å². The highest BCUT2D eigenvalue weighted by Crippen LogP contribution is 2.31. The van der Waals surface area contributed by atoms with Crippen LogP contribution >= 0.6 is 11.6 Å². The summed E-state index contributed by atoms with van der Waals surface area (Å²) in [5.41, 5.74) is 3.22. The minimum Gasteiger partial charge on any atom is -0.457 e. The largest absolute Gasteiger partial charge is 0.457 e. The molecule has 0 spiro atoms. The maximum Gasteiger partial charge on any atom is 0.289 e. The summed E-state index contributed by atoms with van der Waals surface area (Å²) in [6.45, 7) is 4.44. The van der Waals surface area contributed by atoms with Crippen molar-refractivity contribution >= 4 is 11.6 Å². The van der Waals surface area contributed by atoms with Crippen LogP contribution in [0.4, 0.5) is 4.39 Å². The molecule has 0 amide bonds. The number of aryl methyl sites for hydroxylation is 1. The molecule has 3 rings (SSSR count). The summed E-state index contributed by atoms with van der Waals surface area (Å²) in [5.74, 6) is 2.12. The topological polar surface area (TPSA) is 18.5 Å². The number of ether oxygens (including phenoxy) is 2. The second-order valence-electron chi connectivity index (χ2n) is 7.84. The molecule has 0 aliphatic carbocycles. The number of hydrogen-bond acceptors (Lipinski definition) is 2. The van der Waals surface area contributed by atoms with E-state index in [1.165, 1.54) is 11.1 Å². The lowest BCUT2D eigenvalue weighted by molar-refractivity contribution is 0.303. The molecule has 0 aliphatic heterocycles. The highest BCUT2D eigenvalue weighted by atomic mass is 35.5. The molecule has 4 heteroatoms. The van der Waals surface area contributed by atoms with Gasteiger partial charge >= 0.3 is 0 Å². The van der Waals surface area contributed by atoms with Crippen LogP contribution in [0.15, 0.2) is 90.4 Å². The molecule has 0 aromatic heterocycles. The van der Waals surface area contributed by atoms with Gasteiger partial charge in [-0.2, -0.15) is 4.39 Å². The quantitative estimate of drug-likeness (QED) is 0.322. The molecule has 0 saturated heterocycles. The molecule has 0 atom stereocenters. The highest BCUT2D eigenvalue weighted by molar-refractivity contribution is 6.25. The Morgan fingerprint density at radius 2 is 1.60 bits per heavy atom. The van der Waals surface area contributed by atoms with Crippen LogP contribution in [-0.4, -0.2) is 0 Å². The maximum atomic E-state index is 13.1. The van der Waals surface area contributed by atoms with Crippen LogP contribution in [-0.2, 0) is 11.8 Å². The Balaban J connectivity index is 1.55. The van der Waals surface area contributed by atoms with Gasteiger partial charge in [0.1, 0.15) is 17.2 Å². The van der Waals surface area contributed by atoms with Gasteiger partial charge in [0.25, 0.3) is 6.01 Å². The molecular weight excluding hydrogens is 399 g/mol. The summed E-state index contributed by atoms with van der Waals surface area (Å²) in [6, 6.07) is 24.7. The van der Waals surface area contributed by atoms with Crippen molar-refractivity contribution in [2.75, 3.05) is 0 Å². The molecular formula is C26H26ClFO2. The summed E-state index contributed by atoms with van der Waals surface area (Å²) in [4.78, 5) is 0. The summed E-state index contributed by atoms with van der Waals surface area (Å²) >= 11 is 5.29. The van der Waals surface area contributed by atoms with Gasteiger partial charge in [0, 0.05) is 0 Å². The van der Waals surface area contributed by atoms with Crippen LogP contribution in [0.25, 0.3) is 0 Å². The van der Waals surface area contributed by atoms with Crippen molar-refractivity contribution in [2.45, 2.75) is 38.5 Å². The first-order valence-electron chi connectivity index (χ1n) is 10.0. The fourth-order valence-electron chi connectivity index (χ4n) is 3.38. The Labute approximate surface area is 182 Å². The van der Waals surface area contributed by atoms with E-state index in [2.05, 4.69) is 26.0 Å². The molecule has 0 fully saturated rings. The second-order valence-corrected chi connectivity index (χ2v) is 8.06. The Kier molecular flexibility index (Phi) is 7.53. The lowest BCUT2D eigenvalue weighted by Gasteiger charge is -2.25. The summed E-state index contributed by atoms with van der Waals surface area (Å²) in [5, 5.41) is 0. The molecule has 0 heterocycles. The minimum absolute atomic E-state index is 0.00243. The van der Waals surface area contributed by atoms with Gasteiger partial charge in [0.05, 0.1) is 5.54 Å². The second kappa shape index (κ2) is 10.3. The molecule has 3 aromatic rings. The zero-order valence-corrected chi connectivity index (χ0v) is 18.0. The van der Waals surface area contributed by atoms with Crippen molar-refractivity contribution in [3.63, 3.8) is 0 Å². The number of rotatable bonds is 9. The van der Waals surface area contributed by atoms with E-state index in [-0.39, 0.29) is 5.41 Å². The van der Waals surface area contributed by atoms with Crippen LogP contribution < -0.4 is 9.47 Å². The average molecular weight is 425 g/mol. The zero-order chi connectivity index (χ0) is 21.4. The van der Waals surface area contributed by atoms with Crippen molar-refractivity contribution in [1.29, 1.82) is 0 Å². The number of hydrogen-bond donors (Lipinski definition) is 0. The third-order valence-electron chi connectivity index (χ3n) is 5.08. The monoisotopic (exact) mass is 424 g/mol. The van der Waals surface area contributed by atoms with Gasteiger partial charge in [-0.15, -0.1) is 0 Å². The fourth-order valence-corrected chi connectivity index (χ4v) is 3.42. The number of halogens is 2.